The summed E-state index contributed by atoms with van der Waals surface area (Å²) in [7, 11) is 0. The first kappa shape index (κ1) is 18.4. The van der Waals surface area contributed by atoms with Gasteiger partial charge in [0.15, 0.2) is 0 Å². The van der Waals surface area contributed by atoms with E-state index in [0.717, 1.165) is 0 Å². The number of hydrogen-bond acceptors (Lipinski definition) is 1. The van der Waals surface area contributed by atoms with Crippen LogP contribution in [-0.4, -0.2) is 0 Å². The highest BCUT2D eigenvalue weighted by atomic mass is 79.9. The van der Waals surface area contributed by atoms with E-state index < -0.39 is 0 Å². The average molecular weight is 408 g/mol. The van der Waals surface area contributed by atoms with Crippen LogP contribution in [-0.2, 0) is 6.42 Å². The zero-order valence-corrected chi connectivity index (χ0v) is 15.9. The average Bonchev–Trinajstić information content (AvgIpc) is 2.68. The molecule has 1 atom stereocenters. The summed E-state index contributed by atoms with van der Waals surface area (Å²) in [4.78, 5) is 0. The summed E-state index contributed by atoms with van der Waals surface area (Å²) in [5.74, 6) is -0.424. The summed E-state index contributed by atoms with van der Waals surface area (Å²) in [6.45, 7) is 0. The Morgan fingerprint density at radius 3 is 1.96 bits per heavy atom. The number of rotatable bonds is 6. The molecule has 0 fully saturated rings. The molecular weight excluding hydrogens is 389 g/mol. The third-order valence-corrected chi connectivity index (χ3v) is 5.08. The molecular formula is C23H19BrFN. The fourth-order valence-electron chi connectivity index (χ4n) is 3.25. The Bertz CT molecular complexity index is 848. The van der Waals surface area contributed by atoms with Crippen molar-refractivity contribution in [3.05, 3.63) is 106 Å². The first-order valence-corrected chi connectivity index (χ1v) is 9.40. The molecule has 3 aromatic rings. The molecule has 0 amide bonds. The molecule has 0 bridgehead atoms. The zero-order chi connectivity index (χ0) is 18.4. The van der Waals surface area contributed by atoms with Crippen molar-refractivity contribution in [2.75, 3.05) is 0 Å². The van der Waals surface area contributed by atoms with Crippen LogP contribution in [0.15, 0.2) is 83.3 Å². The van der Waals surface area contributed by atoms with Gasteiger partial charge in [-0.25, -0.2) is 4.39 Å². The maximum absolute atomic E-state index is 14.2. The Morgan fingerprint density at radius 2 is 1.46 bits per heavy atom. The molecule has 26 heavy (non-hydrogen) atoms. The monoisotopic (exact) mass is 407 g/mol. The van der Waals surface area contributed by atoms with Crippen molar-refractivity contribution in [3.63, 3.8) is 0 Å². The minimum Gasteiger partial charge on any atom is -0.207 e. The lowest BCUT2D eigenvalue weighted by Gasteiger charge is -2.21. The number of hydrogen-bond donors (Lipinski definition) is 0. The molecule has 0 aliphatic carbocycles. The number of nitrogens with zero attached hydrogens (tertiary/aromatic N) is 1. The molecule has 0 radical (unpaired) electrons. The van der Waals surface area contributed by atoms with Crippen LogP contribution in [0, 0.1) is 23.1 Å². The van der Waals surface area contributed by atoms with Crippen molar-refractivity contribution in [2.24, 2.45) is 5.92 Å². The second-order valence-electron chi connectivity index (χ2n) is 6.38. The van der Waals surface area contributed by atoms with Gasteiger partial charge in [0.25, 0.3) is 0 Å². The van der Waals surface area contributed by atoms with Crippen LogP contribution >= 0.6 is 15.9 Å². The highest BCUT2D eigenvalue weighted by Gasteiger charge is 2.21. The Kier molecular flexibility index (Phi) is 6.20. The predicted octanol–water partition coefficient (Wildman–Crippen LogP) is 6.49. The van der Waals surface area contributed by atoms with Gasteiger partial charge >= 0.3 is 0 Å². The molecule has 0 N–H and O–H groups in total. The van der Waals surface area contributed by atoms with E-state index in [1.807, 2.05) is 42.5 Å². The van der Waals surface area contributed by atoms with Gasteiger partial charge in [-0.1, -0.05) is 82.7 Å². The van der Waals surface area contributed by atoms with Crippen LogP contribution in [0.3, 0.4) is 0 Å². The largest absolute Gasteiger partial charge is 0.207 e. The molecule has 0 saturated carbocycles. The second kappa shape index (κ2) is 8.78. The summed E-state index contributed by atoms with van der Waals surface area (Å²) in [5.41, 5.74) is 2.94. The van der Waals surface area contributed by atoms with Crippen LogP contribution in [0.2, 0.25) is 0 Å². The van der Waals surface area contributed by atoms with Gasteiger partial charge in [0.2, 0.25) is 0 Å². The van der Waals surface area contributed by atoms with E-state index in [1.165, 1.54) is 17.2 Å². The topological polar surface area (TPSA) is 23.8 Å². The fourth-order valence-corrected chi connectivity index (χ4v) is 3.59. The van der Waals surface area contributed by atoms with E-state index in [1.54, 1.807) is 6.07 Å². The van der Waals surface area contributed by atoms with Crippen molar-refractivity contribution in [3.8, 4) is 6.07 Å². The van der Waals surface area contributed by atoms with Gasteiger partial charge in [-0.15, -0.1) is 0 Å². The van der Waals surface area contributed by atoms with Crippen LogP contribution in [0.25, 0.3) is 0 Å². The Hall–Kier alpha value is -2.44. The minimum absolute atomic E-state index is 0.112. The normalized spacial score (nSPS) is 11.9. The van der Waals surface area contributed by atoms with Crippen LogP contribution in [0.1, 0.15) is 29.0 Å². The maximum atomic E-state index is 14.2. The van der Waals surface area contributed by atoms with E-state index in [9.17, 15) is 9.65 Å². The minimum atomic E-state index is -0.268. The van der Waals surface area contributed by atoms with Crippen LogP contribution in [0.4, 0.5) is 4.39 Å². The van der Waals surface area contributed by atoms with Crippen molar-refractivity contribution in [1.82, 2.24) is 0 Å². The van der Waals surface area contributed by atoms with Crippen molar-refractivity contribution in [2.45, 2.75) is 18.8 Å². The molecule has 0 aromatic heterocycles. The quantitative estimate of drug-likeness (QED) is 0.457. The third kappa shape index (κ3) is 4.59. The van der Waals surface area contributed by atoms with Gasteiger partial charge in [0, 0.05) is 10.4 Å². The molecule has 0 saturated heterocycles. The highest BCUT2D eigenvalue weighted by molar-refractivity contribution is 9.10. The summed E-state index contributed by atoms with van der Waals surface area (Å²) in [6, 6.07) is 27.8. The first-order valence-electron chi connectivity index (χ1n) is 8.61. The Morgan fingerprint density at radius 1 is 0.885 bits per heavy atom. The summed E-state index contributed by atoms with van der Waals surface area (Å²) in [5, 5.41) is 9.69. The van der Waals surface area contributed by atoms with E-state index >= 15 is 0 Å². The molecule has 0 heterocycles. The second-order valence-corrected chi connectivity index (χ2v) is 7.29. The highest BCUT2D eigenvalue weighted by Crippen LogP contribution is 2.32. The maximum Gasteiger partial charge on any atom is 0.127 e. The van der Waals surface area contributed by atoms with Crippen molar-refractivity contribution in [1.29, 1.82) is 5.26 Å². The van der Waals surface area contributed by atoms with Crippen molar-refractivity contribution < 1.29 is 4.39 Å². The predicted molar refractivity (Wildman–Crippen MR) is 106 cm³/mol. The Balaban J connectivity index is 1.86. The van der Waals surface area contributed by atoms with E-state index in [0.29, 0.717) is 22.9 Å². The lowest BCUT2D eigenvalue weighted by atomic mass is 9.82. The molecule has 130 valence electrons. The van der Waals surface area contributed by atoms with Gasteiger partial charge in [-0.3, -0.25) is 0 Å². The standard InChI is InChI=1S/C23H19BrFN/c24-21-12-11-20(23(25)15-21)13-17(16-26)14-22(18-7-3-1-4-8-18)19-9-5-2-6-10-19/h1-12,15,17,22H,13-14H2. The first-order chi connectivity index (χ1) is 12.7. The van der Waals surface area contributed by atoms with Crippen LogP contribution < -0.4 is 0 Å². The molecule has 0 aliphatic rings. The van der Waals surface area contributed by atoms with Gasteiger partial charge in [-0.05, 0) is 41.7 Å². The lowest BCUT2D eigenvalue weighted by Crippen LogP contribution is -2.11. The number of halogens is 2. The zero-order valence-electron chi connectivity index (χ0n) is 14.3. The summed E-state index contributed by atoms with van der Waals surface area (Å²) < 4.78 is 14.9. The molecule has 1 nitrogen and oxygen atoms in total. The van der Waals surface area contributed by atoms with Gasteiger partial charge in [0.05, 0.1) is 12.0 Å². The van der Waals surface area contributed by atoms with Crippen molar-refractivity contribution >= 4 is 15.9 Å². The Labute approximate surface area is 162 Å². The number of nitriles is 1. The van der Waals surface area contributed by atoms with E-state index in [-0.39, 0.29) is 17.7 Å². The molecule has 0 spiro atoms. The molecule has 3 heteroatoms. The molecule has 3 rings (SSSR count). The lowest BCUT2D eigenvalue weighted by molar-refractivity contribution is 0.532. The fraction of sp³-hybridized carbons (Fsp3) is 0.174. The van der Waals surface area contributed by atoms with Gasteiger partial charge in [-0.2, -0.15) is 5.26 Å². The van der Waals surface area contributed by atoms with E-state index in [2.05, 4.69) is 46.3 Å². The third-order valence-electron chi connectivity index (χ3n) is 4.59. The molecule has 3 aromatic carbocycles. The molecule has 0 aliphatic heterocycles. The van der Waals surface area contributed by atoms with Gasteiger partial charge < -0.3 is 0 Å². The smallest absolute Gasteiger partial charge is 0.127 e. The van der Waals surface area contributed by atoms with Gasteiger partial charge in [0.1, 0.15) is 5.82 Å². The SMILES string of the molecule is N#CC(Cc1ccc(Br)cc1F)CC(c1ccccc1)c1ccccc1. The van der Waals surface area contributed by atoms with E-state index in [4.69, 9.17) is 0 Å². The number of benzene rings is 3. The molecule has 1 unspecified atom stereocenters. The summed E-state index contributed by atoms with van der Waals surface area (Å²) >= 11 is 3.28. The summed E-state index contributed by atoms with van der Waals surface area (Å²) in [6.07, 6.45) is 1.06. The van der Waals surface area contributed by atoms with Crippen LogP contribution in [0.5, 0.6) is 0 Å².